The van der Waals surface area contributed by atoms with Crippen LogP contribution >= 0.6 is 12.4 Å². The van der Waals surface area contributed by atoms with Crippen LogP contribution in [0.2, 0.25) is 0 Å². The number of phenolic OH excluding ortho intramolecular Hbond substituents is 1. The molecule has 2 atom stereocenters. The number of phenols is 1. The highest BCUT2D eigenvalue weighted by molar-refractivity contribution is 5.87. The zero-order valence-electron chi connectivity index (χ0n) is 12.7. The molecule has 0 radical (unpaired) electrons. The number of rotatable bonds is 7. The van der Waals surface area contributed by atoms with Crippen LogP contribution in [0.5, 0.6) is 5.75 Å². The molecule has 0 bridgehead atoms. The molecule has 24 heavy (non-hydrogen) atoms. The summed E-state index contributed by atoms with van der Waals surface area (Å²) in [4.78, 5) is 29.9. The van der Waals surface area contributed by atoms with Gasteiger partial charge in [-0.1, -0.05) is 12.1 Å². The lowest BCUT2D eigenvalue weighted by molar-refractivity contribution is -0.142. The molecule has 0 fully saturated rings. The predicted molar refractivity (Wildman–Crippen MR) is 88.9 cm³/mol. The number of aliphatic carboxylic acids is 1. The van der Waals surface area contributed by atoms with E-state index in [1.807, 2.05) is 0 Å². The normalized spacial score (nSPS) is 12.7. The van der Waals surface area contributed by atoms with Crippen molar-refractivity contribution in [3.05, 3.63) is 48.0 Å². The molecule has 1 aromatic heterocycles. The number of amides is 1. The molecule has 2 aromatic rings. The summed E-state index contributed by atoms with van der Waals surface area (Å²) in [6.45, 7) is 0. The molecular weight excluding hydrogens is 336 g/mol. The largest absolute Gasteiger partial charge is 0.508 e. The van der Waals surface area contributed by atoms with Gasteiger partial charge in [-0.3, -0.25) is 4.79 Å². The van der Waals surface area contributed by atoms with Crippen molar-refractivity contribution in [2.24, 2.45) is 5.73 Å². The van der Waals surface area contributed by atoms with E-state index in [4.69, 9.17) is 5.73 Å². The lowest BCUT2D eigenvalue weighted by Crippen LogP contribution is -2.50. The summed E-state index contributed by atoms with van der Waals surface area (Å²) in [6, 6.07) is 4.33. The summed E-state index contributed by atoms with van der Waals surface area (Å²) < 4.78 is 0. The predicted octanol–water partition coefficient (Wildman–Crippen LogP) is 0.219. The van der Waals surface area contributed by atoms with E-state index in [2.05, 4.69) is 15.3 Å². The van der Waals surface area contributed by atoms with Crippen molar-refractivity contribution in [2.75, 3.05) is 0 Å². The van der Waals surface area contributed by atoms with Crippen molar-refractivity contribution >= 4 is 24.3 Å². The second-order valence-corrected chi connectivity index (χ2v) is 5.16. The number of benzene rings is 1. The number of aromatic hydroxyl groups is 1. The van der Waals surface area contributed by atoms with E-state index in [1.54, 1.807) is 12.1 Å². The van der Waals surface area contributed by atoms with E-state index < -0.39 is 24.0 Å². The molecule has 1 aromatic carbocycles. The molecule has 0 spiro atoms. The smallest absolute Gasteiger partial charge is 0.326 e. The van der Waals surface area contributed by atoms with E-state index in [9.17, 15) is 19.8 Å². The Kier molecular flexibility index (Phi) is 7.22. The highest BCUT2D eigenvalue weighted by atomic mass is 35.5. The molecule has 0 saturated heterocycles. The number of aromatic amines is 1. The Labute approximate surface area is 144 Å². The summed E-state index contributed by atoms with van der Waals surface area (Å²) >= 11 is 0. The van der Waals surface area contributed by atoms with Gasteiger partial charge in [0, 0.05) is 18.3 Å². The molecule has 0 aliphatic heterocycles. The average Bonchev–Trinajstić information content (AvgIpc) is 3.01. The number of nitrogens with two attached hydrogens (primary N) is 1. The second-order valence-electron chi connectivity index (χ2n) is 5.16. The van der Waals surface area contributed by atoms with Crippen LogP contribution in [0.15, 0.2) is 36.8 Å². The maximum absolute atomic E-state index is 12.1. The Morgan fingerprint density at radius 2 is 1.92 bits per heavy atom. The Morgan fingerprint density at radius 1 is 1.25 bits per heavy atom. The summed E-state index contributed by atoms with van der Waals surface area (Å²) in [6.07, 6.45) is 3.26. The summed E-state index contributed by atoms with van der Waals surface area (Å²) in [5.74, 6) is -1.58. The lowest BCUT2D eigenvalue weighted by Gasteiger charge is -2.17. The number of aromatic nitrogens is 2. The first-order chi connectivity index (χ1) is 11.0. The first-order valence-electron chi connectivity index (χ1n) is 6.99. The zero-order valence-corrected chi connectivity index (χ0v) is 13.5. The molecule has 0 aliphatic carbocycles. The quantitative estimate of drug-likeness (QED) is 0.481. The number of nitrogens with zero attached hydrogens (tertiary/aromatic N) is 1. The number of H-pyrrole nitrogens is 1. The molecule has 0 saturated carbocycles. The van der Waals surface area contributed by atoms with Crippen molar-refractivity contribution in [2.45, 2.75) is 24.9 Å². The number of carbonyl (C=O) groups is 2. The number of hydrogen-bond donors (Lipinski definition) is 5. The molecule has 0 aliphatic rings. The SMILES string of the molecule is Cl.N[C@@H](Cc1ccc(O)cc1)C(=O)NC(Cc1cnc[nH]1)C(=O)O. The maximum Gasteiger partial charge on any atom is 0.326 e. The van der Waals surface area contributed by atoms with E-state index in [0.29, 0.717) is 5.69 Å². The van der Waals surface area contributed by atoms with Gasteiger partial charge in [0.25, 0.3) is 0 Å². The molecule has 8 nitrogen and oxygen atoms in total. The minimum absolute atomic E-state index is 0. The first-order valence-corrected chi connectivity index (χ1v) is 6.99. The molecule has 9 heteroatoms. The van der Waals surface area contributed by atoms with Crippen LogP contribution in [0.4, 0.5) is 0 Å². The molecule has 1 unspecified atom stereocenters. The molecular formula is C15H19ClN4O4. The third kappa shape index (κ3) is 5.56. The van der Waals surface area contributed by atoms with Crippen molar-refractivity contribution < 1.29 is 19.8 Å². The lowest BCUT2D eigenvalue weighted by atomic mass is 10.0. The van der Waals surface area contributed by atoms with Gasteiger partial charge < -0.3 is 26.2 Å². The van der Waals surface area contributed by atoms with Crippen LogP contribution in [-0.2, 0) is 22.4 Å². The fourth-order valence-corrected chi connectivity index (χ4v) is 2.07. The average molecular weight is 355 g/mol. The van der Waals surface area contributed by atoms with Gasteiger partial charge in [0.2, 0.25) is 5.91 Å². The van der Waals surface area contributed by atoms with Gasteiger partial charge in [-0.05, 0) is 24.1 Å². The Bertz CT molecular complexity index is 661. The second kappa shape index (κ2) is 8.90. The van der Waals surface area contributed by atoms with Crippen LogP contribution in [0.3, 0.4) is 0 Å². The minimum Gasteiger partial charge on any atom is -0.508 e. The van der Waals surface area contributed by atoms with Crippen molar-refractivity contribution in [1.29, 1.82) is 0 Å². The number of hydrogen-bond acceptors (Lipinski definition) is 5. The first kappa shape index (κ1) is 19.5. The van der Waals surface area contributed by atoms with Gasteiger partial charge in [-0.15, -0.1) is 12.4 Å². The Morgan fingerprint density at radius 3 is 2.46 bits per heavy atom. The van der Waals surface area contributed by atoms with Crippen LogP contribution < -0.4 is 11.1 Å². The number of imidazole rings is 1. The van der Waals surface area contributed by atoms with Crippen LogP contribution in [0, 0.1) is 0 Å². The molecule has 2 rings (SSSR count). The van der Waals surface area contributed by atoms with Gasteiger partial charge in [-0.2, -0.15) is 0 Å². The standard InChI is InChI=1S/C15H18N4O4.ClH/c16-12(5-9-1-3-11(20)4-2-9)14(21)19-13(15(22)23)6-10-7-17-8-18-10;/h1-4,7-8,12-13,20H,5-6,16H2,(H,17,18)(H,19,21)(H,22,23);1H/t12-,13?;/m0./s1. The third-order valence-corrected chi connectivity index (χ3v) is 3.32. The highest BCUT2D eigenvalue weighted by Crippen LogP contribution is 2.11. The Hall–Kier alpha value is -2.58. The number of halogens is 1. The van der Waals surface area contributed by atoms with Crippen molar-refractivity contribution in [3.63, 3.8) is 0 Å². The number of carboxylic acid groups (broad SMARTS) is 1. The van der Waals surface area contributed by atoms with Gasteiger partial charge in [0.1, 0.15) is 11.8 Å². The highest BCUT2D eigenvalue weighted by Gasteiger charge is 2.24. The molecule has 6 N–H and O–H groups in total. The van der Waals surface area contributed by atoms with Gasteiger partial charge >= 0.3 is 5.97 Å². The monoisotopic (exact) mass is 354 g/mol. The summed E-state index contributed by atoms with van der Waals surface area (Å²) in [7, 11) is 0. The fourth-order valence-electron chi connectivity index (χ4n) is 2.07. The topological polar surface area (TPSA) is 141 Å². The third-order valence-electron chi connectivity index (χ3n) is 3.32. The van der Waals surface area contributed by atoms with E-state index in [-0.39, 0.29) is 31.0 Å². The molecule has 1 amide bonds. The zero-order chi connectivity index (χ0) is 16.8. The van der Waals surface area contributed by atoms with E-state index in [1.165, 1.54) is 24.7 Å². The van der Waals surface area contributed by atoms with Crippen molar-refractivity contribution in [1.82, 2.24) is 15.3 Å². The fraction of sp³-hybridized carbons (Fsp3) is 0.267. The van der Waals surface area contributed by atoms with E-state index in [0.717, 1.165) is 5.56 Å². The van der Waals surface area contributed by atoms with Gasteiger partial charge in [0.05, 0.1) is 12.4 Å². The summed E-state index contributed by atoms with van der Waals surface area (Å²) in [5.41, 5.74) is 7.19. The van der Waals surface area contributed by atoms with Gasteiger partial charge in [0.15, 0.2) is 0 Å². The molecule has 130 valence electrons. The molecule has 1 heterocycles. The van der Waals surface area contributed by atoms with Crippen LogP contribution in [0.25, 0.3) is 0 Å². The summed E-state index contributed by atoms with van der Waals surface area (Å²) in [5, 5.41) is 20.8. The number of carboxylic acids is 1. The number of nitrogens with one attached hydrogen (secondary N) is 2. The van der Waals surface area contributed by atoms with Crippen LogP contribution in [-0.4, -0.2) is 44.1 Å². The van der Waals surface area contributed by atoms with Crippen LogP contribution in [0.1, 0.15) is 11.3 Å². The number of carbonyl (C=O) groups excluding carboxylic acids is 1. The maximum atomic E-state index is 12.1. The van der Waals surface area contributed by atoms with E-state index >= 15 is 0 Å². The Balaban J connectivity index is 0.00000288. The van der Waals surface area contributed by atoms with Crippen molar-refractivity contribution in [3.8, 4) is 5.75 Å². The van der Waals surface area contributed by atoms with Gasteiger partial charge in [-0.25, -0.2) is 9.78 Å². The minimum atomic E-state index is -1.15.